The Hall–Kier alpha value is -1.86. The van der Waals surface area contributed by atoms with Gasteiger partial charge in [-0.25, -0.2) is 4.98 Å². The molecule has 0 bridgehead atoms. The predicted octanol–water partition coefficient (Wildman–Crippen LogP) is 1.55. The predicted molar refractivity (Wildman–Crippen MR) is 88.4 cm³/mol. The molecule has 23 heavy (non-hydrogen) atoms. The molecule has 1 saturated heterocycles. The van der Waals surface area contributed by atoms with Gasteiger partial charge in [0, 0.05) is 26.2 Å². The fourth-order valence-corrected chi connectivity index (χ4v) is 3.19. The van der Waals surface area contributed by atoms with Crippen LogP contribution in [0.5, 0.6) is 0 Å². The van der Waals surface area contributed by atoms with Crippen molar-refractivity contribution >= 4 is 17.4 Å². The van der Waals surface area contributed by atoms with Gasteiger partial charge in [0.05, 0.1) is 17.7 Å². The van der Waals surface area contributed by atoms with Crippen LogP contribution >= 0.6 is 11.6 Å². The number of hydrogen-bond donors (Lipinski definition) is 1. The van der Waals surface area contributed by atoms with Crippen LogP contribution in [0.1, 0.15) is 30.0 Å². The van der Waals surface area contributed by atoms with E-state index < -0.39 is 0 Å². The van der Waals surface area contributed by atoms with Gasteiger partial charge in [0.2, 0.25) is 0 Å². The van der Waals surface area contributed by atoms with Crippen LogP contribution in [0.3, 0.4) is 0 Å². The minimum atomic E-state index is 0.143. The Morgan fingerprint density at radius 1 is 1.17 bits per heavy atom. The second-order valence-corrected chi connectivity index (χ2v) is 5.80. The van der Waals surface area contributed by atoms with E-state index in [0.29, 0.717) is 42.0 Å². The normalized spacial score (nSPS) is 15.8. The summed E-state index contributed by atoms with van der Waals surface area (Å²) in [4.78, 5) is 8.59. The van der Waals surface area contributed by atoms with Gasteiger partial charge in [0.1, 0.15) is 23.1 Å². The Balaban J connectivity index is 2.38. The van der Waals surface area contributed by atoms with Crippen molar-refractivity contribution in [2.75, 3.05) is 44.2 Å². The van der Waals surface area contributed by atoms with Crippen LogP contribution in [-0.2, 0) is 6.42 Å². The number of aliphatic hydroxyl groups excluding tert-OH is 1. The molecule has 1 aromatic rings. The summed E-state index contributed by atoms with van der Waals surface area (Å²) in [5, 5.41) is 28.1. The number of β-amino-alcohol motifs (C(OH)–C–C–N with tert-alkyl or cyclic N) is 1. The molecule has 1 fully saturated rings. The average Bonchev–Trinajstić information content (AvgIpc) is 2.79. The summed E-state index contributed by atoms with van der Waals surface area (Å²) in [6, 6.07) is 4.26. The van der Waals surface area contributed by atoms with Crippen molar-refractivity contribution in [3.05, 3.63) is 21.8 Å². The first-order chi connectivity index (χ1) is 11.2. The first-order valence-electron chi connectivity index (χ1n) is 7.77. The summed E-state index contributed by atoms with van der Waals surface area (Å²) in [5.74, 6) is 0.569. The first-order valence-corrected chi connectivity index (χ1v) is 8.14. The largest absolute Gasteiger partial charge is 0.395 e. The molecule has 0 saturated carbocycles. The number of nitrogens with zero attached hydrogens (tertiary/aromatic N) is 5. The van der Waals surface area contributed by atoms with E-state index in [4.69, 9.17) is 16.7 Å². The maximum absolute atomic E-state index is 9.57. The van der Waals surface area contributed by atoms with Crippen LogP contribution in [0.15, 0.2) is 0 Å². The Morgan fingerprint density at radius 2 is 1.91 bits per heavy atom. The van der Waals surface area contributed by atoms with Crippen LogP contribution in [0.4, 0.5) is 5.82 Å². The summed E-state index contributed by atoms with van der Waals surface area (Å²) < 4.78 is 0. The number of rotatable bonds is 4. The third kappa shape index (κ3) is 3.73. The molecule has 2 rings (SSSR count). The standard InChI is InChI=1S/C16H20ClN5O/c1-2-12-13(10-18)15(17)20-16(14(12)11-19)22-5-3-4-21(6-7-22)8-9-23/h23H,2-9H2,1H3. The minimum absolute atomic E-state index is 0.143. The number of hydrogen-bond acceptors (Lipinski definition) is 6. The van der Waals surface area contributed by atoms with Crippen molar-refractivity contribution in [3.63, 3.8) is 0 Å². The molecule has 7 heteroatoms. The molecule has 2 heterocycles. The Kier molecular flexibility index (Phi) is 6.18. The second kappa shape index (κ2) is 8.12. The molecule has 6 nitrogen and oxygen atoms in total. The van der Waals surface area contributed by atoms with Crippen LogP contribution < -0.4 is 4.90 Å². The van der Waals surface area contributed by atoms with E-state index in [1.54, 1.807) is 0 Å². The van der Waals surface area contributed by atoms with Crippen LogP contribution in [-0.4, -0.2) is 54.3 Å². The maximum atomic E-state index is 9.57. The molecule has 0 atom stereocenters. The zero-order valence-corrected chi connectivity index (χ0v) is 14.0. The van der Waals surface area contributed by atoms with Crippen molar-refractivity contribution in [1.29, 1.82) is 10.5 Å². The number of aromatic nitrogens is 1. The number of pyridine rings is 1. The molecule has 0 aliphatic carbocycles. The lowest BCUT2D eigenvalue weighted by Crippen LogP contribution is -2.33. The minimum Gasteiger partial charge on any atom is -0.395 e. The fraction of sp³-hybridized carbons (Fsp3) is 0.562. The van der Waals surface area contributed by atoms with E-state index in [9.17, 15) is 10.5 Å². The highest BCUT2D eigenvalue weighted by molar-refractivity contribution is 6.30. The van der Waals surface area contributed by atoms with Gasteiger partial charge in [0.15, 0.2) is 0 Å². The van der Waals surface area contributed by atoms with E-state index in [2.05, 4.69) is 26.9 Å². The van der Waals surface area contributed by atoms with Gasteiger partial charge < -0.3 is 10.0 Å². The highest BCUT2D eigenvalue weighted by Gasteiger charge is 2.23. The number of halogens is 1. The van der Waals surface area contributed by atoms with Crippen molar-refractivity contribution in [1.82, 2.24) is 9.88 Å². The molecule has 0 spiro atoms. The van der Waals surface area contributed by atoms with Gasteiger partial charge in [-0.3, -0.25) is 4.90 Å². The first kappa shape index (κ1) is 17.5. The van der Waals surface area contributed by atoms with Gasteiger partial charge in [-0.15, -0.1) is 0 Å². The molecule has 1 aromatic heterocycles. The van der Waals surface area contributed by atoms with Crippen LogP contribution in [0.25, 0.3) is 0 Å². The Morgan fingerprint density at radius 3 is 2.52 bits per heavy atom. The van der Waals surface area contributed by atoms with E-state index >= 15 is 0 Å². The van der Waals surface area contributed by atoms with Gasteiger partial charge in [-0.1, -0.05) is 18.5 Å². The second-order valence-electron chi connectivity index (χ2n) is 5.44. The monoisotopic (exact) mass is 333 g/mol. The van der Waals surface area contributed by atoms with Gasteiger partial charge >= 0.3 is 0 Å². The van der Waals surface area contributed by atoms with Crippen molar-refractivity contribution in [2.24, 2.45) is 0 Å². The molecule has 1 N–H and O–H groups in total. The SMILES string of the molecule is CCc1c(C#N)c(Cl)nc(N2CCCN(CCO)CC2)c1C#N. The molecular formula is C16H20ClN5O. The van der Waals surface area contributed by atoms with E-state index in [-0.39, 0.29) is 11.8 Å². The average molecular weight is 334 g/mol. The molecule has 0 amide bonds. The lowest BCUT2D eigenvalue weighted by Gasteiger charge is -2.24. The number of anilines is 1. The molecule has 0 radical (unpaired) electrons. The summed E-state index contributed by atoms with van der Waals surface area (Å²) in [5.41, 5.74) is 1.41. The maximum Gasteiger partial charge on any atom is 0.149 e. The number of aliphatic hydroxyl groups is 1. The topological polar surface area (TPSA) is 87.2 Å². The van der Waals surface area contributed by atoms with Crippen LogP contribution in [0.2, 0.25) is 5.15 Å². The Bertz CT molecular complexity index is 649. The quantitative estimate of drug-likeness (QED) is 0.841. The Labute approximate surface area is 141 Å². The van der Waals surface area contributed by atoms with E-state index in [0.717, 1.165) is 26.1 Å². The fourth-order valence-electron chi connectivity index (χ4n) is 2.95. The summed E-state index contributed by atoms with van der Waals surface area (Å²) >= 11 is 6.17. The van der Waals surface area contributed by atoms with Gasteiger partial charge in [-0.05, 0) is 24.9 Å². The molecule has 1 aliphatic rings. The third-order valence-electron chi connectivity index (χ3n) is 4.12. The van der Waals surface area contributed by atoms with E-state index in [1.807, 2.05) is 6.92 Å². The van der Waals surface area contributed by atoms with Crippen molar-refractivity contribution < 1.29 is 5.11 Å². The van der Waals surface area contributed by atoms with E-state index in [1.165, 1.54) is 0 Å². The highest BCUT2D eigenvalue weighted by atomic mass is 35.5. The summed E-state index contributed by atoms with van der Waals surface area (Å²) in [6.07, 6.45) is 1.48. The molecular weight excluding hydrogens is 314 g/mol. The summed E-state index contributed by atoms with van der Waals surface area (Å²) in [7, 11) is 0. The third-order valence-corrected chi connectivity index (χ3v) is 4.39. The van der Waals surface area contributed by atoms with Crippen molar-refractivity contribution in [2.45, 2.75) is 19.8 Å². The molecule has 122 valence electrons. The smallest absolute Gasteiger partial charge is 0.149 e. The molecule has 0 aromatic carbocycles. The van der Waals surface area contributed by atoms with Gasteiger partial charge in [0.25, 0.3) is 0 Å². The lowest BCUT2D eigenvalue weighted by atomic mass is 10.0. The molecule has 1 aliphatic heterocycles. The highest BCUT2D eigenvalue weighted by Crippen LogP contribution is 2.29. The van der Waals surface area contributed by atoms with Crippen LogP contribution in [0, 0.1) is 22.7 Å². The lowest BCUT2D eigenvalue weighted by molar-refractivity contribution is 0.204. The number of nitriles is 2. The summed E-state index contributed by atoms with van der Waals surface area (Å²) in [6.45, 7) is 5.89. The van der Waals surface area contributed by atoms with Gasteiger partial charge in [-0.2, -0.15) is 10.5 Å². The zero-order valence-electron chi connectivity index (χ0n) is 13.2. The molecule has 0 unspecified atom stereocenters. The van der Waals surface area contributed by atoms with Crippen molar-refractivity contribution in [3.8, 4) is 12.1 Å². The zero-order chi connectivity index (χ0) is 16.8.